The van der Waals surface area contributed by atoms with E-state index in [0.29, 0.717) is 21.5 Å². The lowest BCUT2D eigenvalue weighted by Gasteiger charge is -2.30. The number of hydrogen-bond donors (Lipinski definition) is 1. The van der Waals surface area contributed by atoms with Crippen LogP contribution >= 0.6 is 34.8 Å². The van der Waals surface area contributed by atoms with Crippen molar-refractivity contribution in [2.75, 3.05) is 5.88 Å². The molecule has 1 amide bonds. The first kappa shape index (κ1) is 15.6. The van der Waals surface area contributed by atoms with E-state index in [1.165, 1.54) is 0 Å². The Kier molecular flexibility index (Phi) is 5.77. The zero-order chi connectivity index (χ0) is 13.8. The van der Waals surface area contributed by atoms with Crippen molar-refractivity contribution in [3.63, 3.8) is 0 Å². The van der Waals surface area contributed by atoms with Gasteiger partial charge in [-0.3, -0.25) is 4.79 Å². The van der Waals surface area contributed by atoms with Crippen LogP contribution in [0.3, 0.4) is 0 Å². The Bertz CT molecular complexity index is 402. The summed E-state index contributed by atoms with van der Waals surface area (Å²) in [6, 6.07) is 4.77. The van der Waals surface area contributed by atoms with Gasteiger partial charge in [0.1, 0.15) is 0 Å². The lowest BCUT2D eigenvalue weighted by Crippen LogP contribution is -2.49. The van der Waals surface area contributed by atoms with Crippen molar-refractivity contribution in [3.8, 4) is 0 Å². The molecule has 0 aliphatic carbocycles. The molecule has 1 N–H and O–H groups in total. The highest BCUT2D eigenvalue weighted by atomic mass is 35.5. The van der Waals surface area contributed by atoms with Crippen molar-refractivity contribution in [1.82, 2.24) is 5.32 Å². The molecule has 2 nitrogen and oxygen atoms in total. The number of nitrogens with one attached hydrogen (secondary N) is 1. The van der Waals surface area contributed by atoms with E-state index in [4.69, 9.17) is 34.8 Å². The monoisotopic (exact) mass is 307 g/mol. The van der Waals surface area contributed by atoms with Gasteiger partial charge in [-0.25, -0.2) is 0 Å². The minimum atomic E-state index is -0.382. The fraction of sp³-hybridized carbons (Fsp3) is 0.462. The van der Waals surface area contributed by atoms with Crippen LogP contribution in [0.1, 0.15) is 37.0 Å². The molecular weight excluding hydrogens is 293 g/mol. The third-order valence-electron chi connectivity index (χ3n) is 3.11. The molecule has 0 unspecified atom stereocenters. The molecular formula is C13H16Cl3NO. The second-order valence-corrected chi connectivity index (χ2v) is 5.37. The van der Waals surface area contributed by atoms with E-state index in [2.05, 4.69) is 5.32 Å². The first-order valence-electron chi connectivity index (χ1n) is 5.81. The molecule has 0 saturated heterocycles. The maximum Gasteiger partial charge on any atom is 0.251 e. The lowest BCUT2D eigenvalue weighted by atomic mass is 9.94. The van der Waals surface area contributed by atoms with E-state index in [1.807, 2.05) is 13.8 Å². The third kappa shape index (κ3) is 3.78. The molecule has 0 spiro atoms. The van der Waals surface area contributed by atoms with Gasteiger partial charge >= 0.3 is 0 Å². The van der Waals surface area contributed by atoms with Crippen LogP contribution in [0.15, 0.2) is 18.2 Å². The molecule has 0 radical (unpaired) electrons. The van der Waals surface area contributed by atoms with Crippen LogP contribution < -0.4 is 5.32 Å². The van der Waals surface area contributed by atoms with E-state index in [-0.39, 0.29) is 11.4 Å². The minimum Gasteiger partial charge on any atom is -0.345 e. The summed E-state index contributed by atoms with van der Waals surface area (Å²) in [6.07, 6.45) is 1.54. The molecule has 1 aromatic carbocycles. The topological polar surface area (TPSA) is 29.1 Å². The Balaban J connectivity index is 2.94. The predicted molar refractivity (Wildman–Crippen MR) is 78.0 cm³/mol. The van der Waals surface area contributed by atoms with Gasteiger partial charge in [-0.2, -0.15) is 0 Å². The summed E-state index contributed by atoms with van der Waals surface area (Å²) < 4.78 is 0. The van der Waals surface area contributed by atoms with Gasteiger partial charge in [0.2, 0.25) is 0 Å². The van der Waals surface area contributed by atoms with Crippen LogP contribution in [0.5, 0.6) is 0 Å². The fourth-order valence-corrected chi connectivity index (χ4v) is 2.62. The summed E-state index contributed by atoms with van der Waals surface area (Å²) in [7, 11) is 0. The van der Waals surface area contributed by atoms with Gasteiger partial charge < -0.3 is 5.32 Å². The number of carbonyl (C=O) groups is 1. The molecule has 0 aliphatic heterocycles. The van der Waals surface area contributed by atoms with Crippen molar-refractivity contribution in [2.24, 2.45) is 0 Å². The Labute approximate surface area is 123 Å². The van der Waals surface area contributed by atoms with E-state index in [1.54, 1.807) is 18.2 Å². The summed E-state index contributed by atoms with van der Waals surface area (Å²) in [5, 5.41) is 3.85. The molecule has 5 heteroatoms. The number of amides is 1. The molecule has 0 aromatic heterocycles. The van der Waals surface area contributed by atoms with E-state index < -0.39 is 0 Å². The smallest absolute Gasteiger partial charge is 0.251 e. The summed E-state index contributed by atoms with van der Waals surface area (Å²) in [6.45, 7) is 3.99. The SMILES string of the molecule is CCC(CC)(CCl)NC(=O)c1cc(Cl)cc(Cl)c1. The summed E-state index contributed by atoms with van der Waals surface area (Å²) in [4.78, 5) is 12.2. The minimum absolute atomic E-state index is 0.205. The quantitative estimate of drug-likeness (QED) is 0.796. The molecule has 100 valence electrons. The van der Waals surface area contributed by atoms with Gasteiger partial charge in [0, 0.05) is 21.5 Å². The second kappa shape index (κ2) is 6.65. The molecule has 0 atom stereocenters. The Morgan fingerprint density at radius 3 is 2.06 bits per heavy atom. The molecule has 0 heterocycles. The molecule has 0 saturated carbocycles. The molecule has 0 fully saturated rings. The molecule has 0 aliphatic rings. The zero-order valence-corrected chi connectivity index (χ0v) is 12.7. The first-order chi connectivity index (χ1) is 8.46. The van der Waals surface area contributed by atoms with Crippen LogP contribution in [0.2, 0.25) is 10.0 Å². The number of alkyl halides is 1. The maximum atomic E-state index is 12.2. The van der Waals surface area contributed by atoms with Gasteiger partial charge in [0.05, 0.1) is 5.54 Å². The third-order valence-corrected chi connectivity index (χ3v) is 4.06. The average Bonchev–Trinajstić information content (AvgIpc) is 2.35. The van der Waals surface area contributed by atoms with Gasteiger partial charge in [0.25, 0.3) is 5.91 Å². The lowest BCUT2D eigenvalue weighted by molar-refractivity contribution is 0.0902. The van der Waals surface area contributed by atoms with E-state index in [0.717, 1.165) is 12.8 Å². The Morgan fingerprint density at radius 1 is 1.17 bits per heavy atom. The second-order valence-electron chi connectivity index (χ2n) is 4.23. The van der Waals surface area contributed by atoms with Crippen molar-refractivity contribution in [2.45, 2.75) is 32.2 Å². The van der Waals surface area contributed by atoms with Crippen LogP contribution in [0.25, 0.3) is 0 Å². The fourth-order valence-electron chi connectivity index (χ4n) is 1.65. The van der Waals surface area contributed by atoms with E-state index >= 15 is 0 Å². The highest BCUT2D eigenvalue weighted by molar-refractivity contribution is 6.35. The molecule has 0 bridgehead atoms. The van der Waals surface area contributed by atoms with Crippen molar-refractivity contribution < 1.29 is 4.79 Å². The largest absolute Gasteiger partial charge is 0.345 e. The zero-order valence-electron chi connectivity index (χ0n) is 10.4. The van der Waals surface area contributed by atoms with Gasteiger partial charge in [-0.05, 0) is 31.0 Å². The van der Waals surface area contributed by atoms with Crippen LogP contribution in [0, 0.1) is 0 Å². The van der Waals surface area contributed by atoms with Gasteiger partial charge in [-0.15, -0.1) is 11.6 Å². The van der Waals surface area contributed by atoms with Gasteiger partial charge in [0.15, 0.2) is 0 Å². The van der Waals surface area contributed by atoms with Gasteiger partial charge in [-0.1, -0.05) is 37.0 Å². The Morgan fingerprint density at radius 2 is 1.67 bits per heavy atom. The normalized spacial score (nSPS) is 11.4. The number of carbonyl (C=O) groups excluding carboxylic acids is 1. The predicted octanol–water partition coefficient (Wildman–Crippen LogP) is 4.52. The molecule has 18 heavy (non-hydrogen) atoms. The summed E-state index contributed by atoms with van der Waals surface area (Å²) in [5.74, 6) is 0.170. The van der Waals surface area contributed by atoms with Crippen LogP contribution in [-0.4, -0.2) is 17.3 Å². The first-order valence-corrected chi connectivity index (χ1v) is 7.10. The Hall–Kier alpha value is -0.440. The number of halogens is 3. The van der Waals surface area contributed by atoms with Crippen LogP contribution in [-0.2, 0) is 0 Å². The van der Waals surface area contributed by atoms with E-state index in [9.17, 15) is 4.79 Å². The van der Waals surface area contributed by atoms with Crippen molar-refractivity contribution in [3.05, 3.63) is 33.8 Å². The summed E-state index contributed by atoms with van der Waals surface area (Å²) in [5.41, 5.74) is 0.0665. The average molecular weight is 309 g/mol. The standard InChI is InChI=1S/C13H16Cl3NO/c1-3-13(4-2,8-14)17-12(18)9-5-10(15)7-11(16)6-9/h5-7H,3-4,8H2,1-2H3,(H,17,18). The molecule has 1 rings (SSSR count). The maximum absolute atomic E-state index is 12.2. The highest BCUT2D eigenvalue weighted by Crippen LogP contribution is 2.21. The van der Waals surface area contributed by atoms with Crippen LogP contribution in [0.4, 0.5) is 0 Å². The van der Waals surface area contributed by atoms with Crippen molar-refractivity contribution in [1.29, 1.82) is 0 Å². The number of rotatable bonds is 5. The van der Waals surface area contributed by atoms with Crippen molar-refractivity contribution >= 4 is 40.7 Å². The highest BCUT2D eigenvalue weighted by Gasteiger charge is 2.27. The molecule has 1 aromatic rings. The number of benzene rings is 1. The number of hydrogen-bond acceptors (Lipinski definition) is 1. The summed E-state index contributed by atoms with van der Waals surface area (Å²) >= 11 is 17.7.